The molecule has 0 spiro atoms. The van der Waals surface area contributed by atoms with Crippen molar-refractivity contribution in [3.8, 4) is 0 Å². The first kappa shape index (κ1) is 10.3. The Morgan fingerprint density at radius 3 is 2.67 bits per heavy atom. The molecule has 0 bridgehead atoms. The van der Waals surface area contributed by atoms with Gasteiger partial charge in [-0.3, -0.25) is 0 Å². The molecule has 0 unspecified atom stereocenters. The minimum absolute atomic E-state index is 0.578. The van der Waals surface area contributed by atoms with Crippen molar-refractivity contribution in [1.29, 1.82) is 0 Å². The van der Waals surface area contributed by atoms with Crippen LogP contribution in [0.1, 0.15) is 47.1 Å². The van der Waals surface area contributed by atoms with E-state index in [1.54, 1.807) is 0 Å². The lowest BCUT2D eigenvalue weighted by atomic mass is 9.94. The summed E-state index contributed by atoms with van der Waals surface area (Å²) in [7, 11) is 2.00. The third-order valence-corrected chi connectivity index (χ3v) is 3.39. The van der Waals surface area contributed by atoms with Crippen molar-refractivity contribution in [2.24, 2.45) is 7.05 Å². The first-order chi connectivity index (χ1) is 7.16. The van der Waals surface area contributed by atoms with E-state index in [4.69, 9.17) is 0 Å². The van der Waals surface area contributed by atoms with Crippen LogP contribution in [0.3, 0.4) is 0 Å². The molecule has 0 saturated heterocycles. The zero-order valence-corrected chi connectivity index (χ0v) is 9.34. The van der Waals surface area contributed by atoms with Crippen LogP contribution in [-0.4, -0.2) is 15.6 Å². The molecule has 0 aliphatic heterocycles. The minimum Gasteiger partial charge on any atom is -0.478 e. The largest absolute Gasteiger partial charge is 0.478 e. The maximum Gasteiger partial charge on any atom is 0.337 e. The van der Waals surface area contributed by atoms with Crippen LogP contribution in [0.15, 0.2) is 0 Å². The number of aromatic nitrogens is 1. The fourth-order valence-electron chi connectivity index (χ4n) is 2.70. The quantitative estimate of drug-likeness (QED) is 0.807. The van der Waals surface area contributed by atoms with E-state index in [1.807, 2.05) is 14.0 Å². The standard InChI is InChI=1S/C12H17NO2/c1-3-9-11(12(14)15)8-6-4-5-7-10(8)13(9)2/h3-7H2,1-2H3,(H,14,15). The lowest BCUT2D eigenvalue weighted by molar-refractivity contribution is 0.0694. The summed E-state index contributed by atoms with van der Waals surface area (Å²) in [6.45, 7) is 2.02. The topological polar surface area (TPSA) is 42.2 Å². The molecule has 2 rings (SSSR count). The van der Waals surface area contributed by atoms with Crippen molar-refractivity contribution in [3.63, 3.8) is 0 Å². The number of carboxylic acid groups (broad SMARTS) is 1. The van der Waals surface area contributed by atoms with Gasteiger partial charge in [-0.1, -0.05) is 6.92 Å². The SMILES string of the molecule is CCc1c(C(=O)O)c2c(n1C)CCCC2. The van der Waals surface area contributed by atoms with Gasteiger partial charge in [-0.2, -0.15) is 0 Å². The van der Waals surface area contributed by atoms with Crippen molar-refractivity contribution in [2.45, 2.75) is 39.0 Å². The van der Waals surface area contributed by atoms with Crippen LogP contribution in [0.4, 0.5) is 0 Å². The highest BCUT2D eigenvalue weighted by Crippen LogP contribution is 2.29. The average Bonchev–Trinajstić information content (AvgIpc) is 2.52. The highest BCUT2D eigenvalue weighted by Gasteiger charge is 2.25. The second kappa shape index (κ2) is 3.72. The van der Waals surface area contributed by atoms with E-state index < -0.39 is 5.97 Å². The van der Waals surface area contributed by atoms with Gasteiger partial charge >= 0.3 is 5.97 Å². The Morgan fingerprint density at radius 1 is 1.40 bits per heavy atom. The van der Waals surface area contributed by atoms with Gasteiger partial charge in [0.25, 0.3) is 0 Å². The Morgan fingerprint density at radius 2 is 2.07 bits per heavy atom. The monoisotopic (exact) mass is 207 g/mol. The van der Waals surface area contributed by atoms with E-state index in [1.165, 1.54) is 12.1 Å². The Hall–Kier alpha value is -1.25. The molecule has 15 heavy (non-hydrogen) atoms. The van der Waals surface area contributed by atoms with Gasteiger partial charge in [0.1, 0.15) is 0 Å². The molecule has 0 aromatic carbocycles. The van der Waals surface area contributed by atoms with Gasteiger partial charge in [-0.15, -0.1) is 0 Å². The Balaban J connectivity index is 2.64. The smallest absolute Gasteiger partial charge is 0.337 e. The number of rotatable bonds is 2. The second-order valence-corrected chi connectivity index (χ2v) is 4.17. The zero-order valence-electron chi connectivity index (χ0n) is 9.34. The molecule has 3 heteroatoms. The molecule has 0 fully saturated rings. The number of nitrogens with zero attached hydrogens (tertiary/aromatic N) is 1. The van der Waals surface area contributed by atoms with Gasteiger partial charge < -0.3 is 9.67 Å². The molecule has 1 aliphatic rings. The van der Waals surface area contributed by atoms with E-state index >= 15 is 0 Å². The molecule has 0 saturated carbocycles. The van der Waals surface area contributed by atoms with E-state index in [9.17, 15) is 9.90 Å². The van der Waals surface area contributed by atoms with Gasteiger partial charge in [0.2, 0.25) is 0 Å². The first-order valence-corrected chi connectivity index (χ1v) is 5.59. The Bertz CT molecular complexity index is 404. The third-order valence-electron chi connectivity index (χ3n) is 3.39. The maximum atomic E-state index is 11.3. The fourth-order valence-corrected chi connectivity index (χ4v) is 2.70. The molecule has 0 amide bonds. The summed E-state index contributed by atoms with van der Waals surface area (Å²) in [6.07, 6.45) is 5.08. The highest BCUT2D eigenvalue weighted by atomic mass is 16.4. The fraction of sp³-hybridized carbons (Fsp3) is 0.583. The van der Waals surface area contributed by atoms with Gasteiger partial charge in [0, 0.05) is 18.4 Å². The Kier molecular flexibility index (Phi) is 2.55. The van der Waals surface area contributed by atoms with Crippen molar-refractivity contribution in [3.05, 3.63) is 22.5 Å². The van der Waals surface area contributed by atoms with Crippen LogP contribution >= 0.6 is 0 Å². The lowest BCUT2D eigenvalue weighted by Crippen LogP contribution is -2.07. The average molecular weight is 207 g/mol. The third kappa shape index (κ3) is 1.46. The molecule has 0 radical (unpaired) electrons. The van der Waals surface area contributed by atoms with Crippen molar-refractivity contribution >= 4 is 5.97 Å². The van der Waals surface area contributed by atoms with Gasteiger partial charge in [0.05, 0.1) is 5.56 Å². The second-order valence-electron chi connectivity index (χ2n) is 4.17. The van der Waals surface area contributed by atoms with Crippen LogP contribution in [0, 0.1) is 0 Å². The van der Waals surface area contributed by atoms with Crippen LogP contribution in [-0.2, 0) is 26.3 Å². The van der Waals surface area contributed by atoms with Crippen molar-refractivity contribution in [2.75, 3.05) is 0 Å². The summed E-state index contributed by atoms with van der Waals surface area (Å²) in [5.41, 5.74) is 3.90. The summed E-state index contributed by atoms with van der Waals surface area (Å²) in [6, 6.07) is 0. The molecule has 0 atom stereocenters. The van der Waals surface area contributed by atoms with Crippen LogP contribution in [0.2, 0.25) is 0 Å². The van der Waals surface area contributed by atoms with Crippen molar-refractivity contribution < 1.29 is 9.90 Å². The summed E-state index contributed by atoms with van der Waals surface area (Å²) >= 11 is 0. The molecule has 1 N–H and O–H groups in total. The number of hydrogen-bond acceptors (Lipinski definition) is 1. The first-order valence-electron chi connectivity index (χ1n) is 5.59. The predicted molar refractivity (Wildman–Crippen MR) is 58.4 cm³/mol. The molecule has 82 valence electrons. The number of fused-ring (bicyclic) bond motifs is 1. The summed E-state index contributed by atoms with van der Waals surface area (Å²) in [5.74, 6) is -0.759. The van der Waals surface area contributed by atoms with Crippen LogP contribution in [0.25, 0.3) is 0 Å². The summed E-state index contributed by atoms with van der Waals surface area (Å²) in [4.78, 5) is 11.3. The molecule has 3 nitrogen and oxygen atoms in total. The van der Waals surface area contributed by atoms with E-state index in [0.29, 0.717) is 5.56 Å². The van der Waals surface area contributed by atoms with E-state index in [2.05, 4.69) is 4.57 Å². The van der Waals surface area contributed by atoms with Gasteiger partial charge in [-0.05, 0) is 37.7 Å². The minimum atomic E-state index is -0.759. The highest BCUT2D eigenvalue weighted by molar-refractivity contribution is 5.91. The molecular formula is C12H17NO2. The number of carbonyl (C=O) groups is 1. The predicted octanol–water partition coefficient (Wildman–Crippen LogP) is 2.16. The van der Waals surface area contributed by atoms with Crippen LogP contribution in [0.5, 0.6) is 0 Å². The normalized spacial score (nSPS) is 15.1. The molecule has 1 aliphatic carbocycles. The van der Waals surface area contributed by atoms with E-state index in [-0.39, 0.29) is 0 Å². The number of hydrogen-bond donors (Lipinski definition) is 1. The number of carboxylic acids is 1. The zero-order chi connectivity index (χ0) is 11.0. The maximum absolute atomic E-state index is 11.3. The molecular weight excluding hydrogens is 190 g/mol. The summed E-state index contributed by atoms with van der Waals surface area (Å²) in [5, 5.41) is 9.25. The van der Waals surface area contributed by atoms with Crippen LogP contribution < -0.4 is 0 Å². The Labute approximate surface area is 89.7 Å². The number of aromatic carboxylic acids is 1. The van der Waals surface area contributed by atoms with E-state index in [0.717, 1.165) is 36.9 Å². The summed E-state index contributed by atoms with van der Waals surface area (Å²) < 4.78 is 2.10. The van der Waals surface area contributed by atoms with Crippen molar-refractivity contribution in [1.82, 2.24) is 4.57 Å². The molecule has 1 heterocycles. The van der Waals surface area contributed by atoms with Gasteiger partial charge in [-0.25, -0.2) is 4.79 Å². The molecule has 1 aromatic heterocycles. The lowest BCUT2D eigenvalue weighted by Gasteiger charge is -2.13. The van der Waals surface area contributed by atoms with Gasteiger partial charge in [0.15, 0.2) is 0 Å². The molecule has 1 aromatic rings.